The number of phenols is 1. The second-order valence-corrected chi connectivity index (χ2v) is 6.58. The maximum absolute atomic E-state index is 14.5. The van der Waals surface area contributed by atoms with Gasteiger partial charge in [-0.3, -0.25) is 9.89 Å². The smallest absolute Gasteiger partial charge is 0.256 e. The molecule has 29 heavy (non-hydrogen) atoms. The van der Waals surface area contributed by atoms with Crippen molar-refractivity contribution in [3.63, 3.8) is 0 Å². The van der Waals surface area contributed by atoms with Crippen LogP contribution in [0.4, 0.5) is 4.39 Å². The zero-order chi connectivity index (χ0) is 19.8. The van der Waals surface area contributed by atoms with Crippen molar-refractivity contribution >= 4 is 29.3 Å². The van der Waals surface area contributed by atoms with E-state index in [-0.39, 0.29) is 52.1 Å². The number of benzene rings is 1. The van der Waals surface area contributed by atoms with E-state index >= 15 is 0 Å². The number of nitrogens with zero attached hydrogens (tertiary/aromatic N) is 4. The van der Waals surface area contributed by atoms with Crippen molar-refractivity contribution in [3.05, 3.63) is 40.8 Å². The number of nitrogens with one attached hydrogen (secondary N) is 2. The van der Waals surface area contributed by atoms with Gasteiger partial charge in [0.1, 0.15) is 17.6 Å². The minimum Gasteiger partial charge on any atom is -0.508 e. The predicted molar refractivity (Wildman–Crippen MR) is 106 cm³/mol. The zero-order valence-electron chi connectivity index (χ0n) is 15.5. The molecule has 10 heteroatoms. The van der Waals surface area contributed by atoms with Crippen LogP contribution in [0.5, 0.6) is 5.75 Å². The highest BCUT2D eigenvalue weighted by molar-refractivity contribution is 6.10. The molecule has 1 aliphatic heterocycles. The molecule has 0 aliphatic carbocycles. The monoisotopic (exact) mass is 416 g/mol. The van der Waals surface area contributed by atoms with Gasteiger partial charge in [-0.05, 0) is 19.1 Å². The number of rotatable bonds is 2. The largest absolute Gasteiger partial charge is 0.508 e. The first-order valence-corrected chi connectivity index (χ1v) is 8.79. The zero-order valence-corrected chi connectivity index (χ0v) is 16.3. The van der Waals surface area contributed by atoms with E-state index < -0.39 is 5.82 Å². The number of pyridine rings is 1. The average molecular weight is 417 g/mol. The fraction of sp³-hybridized carbons (Fsp3) is 0.263. The number of aryl methyl sites for hydroxylation is 1. The first-order chi connectivity index (χ1) is 13.5. The number of carbonyl (C=O) groups excluding carboxylic acids is 1. The Morgan fingerprint density at radius 1 is 1.34 bits per heavy atom. The van der Waals surface area contributed by atoms with Crippen LogP contribution in [0.1, 0.15) is 21.6 Å². The highest BCUT2D eigenvalue weighted by Crippen LogP contribution is 2.33. The maximum Gasteiger partial charge on any atom is 0.256 e. The van der Waals surface area contributed by atoms with Crippen LogP contribution in [0, 0.1) is 24.1 Å². The third-order valence-corrected chi connectivity index (χ3v) is 4.82. The minimum atomic E-state index is -0.740. The number of aromatic nitrogens is 3. The van der Waals surface area contributed by atoms with E-state index in [2.05, 4.69) is 20.5 Å². The van der Waals surface area contributed by atoms with E-state index in [1.165, 1.54) is 12.1 Å². The molecule has 1 fully saturated rings. The molecular weight excluding hydrogens is 399 g/mol. The third kappa shape index (κ3) is 3.48. The van der Waals surface area contributed by atoms with Gasteiger partial charge >= 0.3 is 0 Å². The van der Waals surface area contributed by atoms with Gasteiger partial charge < -0.3 is 15.3 Å². The van der Waals surface area contributed by atoms with Gasteiger partial charge in [-0.25, -0.2) is 9.37 Å². The molecular formula is C19H18ClFN6O2. The topological polar surface area (TPSA) is 118 Å². The number of fused-ring (bicyclic) bond motifs is 1. The standard InChI is InChI=1S/C19H17FN6O2.ClH/c1-10-15-16(19(28)26-6-4-22-5-7-26)13(9-21)17(23-18(15)25-24-10)12-3-2-11(27)8-14(12)20;/h2-3,8,22,27H,4-7H2,1H3,(H,23,24,25);1H. The lowest BCUT2D eigenvalue weighted by Crippen LogP contribution is -2.46. The molecule has 0 unspecified atom stereocenters. The highest BCUT2D eigenvalue weighted by Gasteiger charge is 2.29. The molecule has 1 amide bonds. The summed E-state index contributed by atoms with van der Waals surface area (Å²) in [4.78, 5) is 19.3. The van der Waals surface area contributed by atoms with Gasteiger partial charge in [-0.1, -0.05) is 0 Å². The second-order valence-electron chi connectivity index (χ2n) is 6.58. The second kappa shape index (κ2) is 8.03. The highest BCUT2D eigenvalue weighted by atomic mass is 35.5. The van der Waals surface area contributed by atoms with Crippen LogP contribution < -0.4 is 5.32 Å². The Bertz CT molecular complexity index is 1130. The van der Waals surface area contributed by atoms with Crippen molar-refractivity contribution < 1.29 is 14.3 Å². The molecule has 2 aromatic heterocycles. The molecule has 0 bridgehead atoms. The summed E-state index contributed by atoms with van der Waals surface area (Å²) >= 11 is 0. The molecule has 0 atom stereocenters. The summed E-state index contributed by atoms with van der Waals surface area (Å²) in [5.41, 5.74) is 1.05. The van der Waals surface area contributed by atoms with Crippen molar-refractivity contribution in [3.8, 4) is 23.1 Å². The Labute approximate surface area is 171 Å². The SMILES string of the molecule is Cc1[nH]nc2nc(-c3ccc(O)cc3F)c(C#N)c(C(=O)N3CCNCC3)c12.Cl. The van der Waals surface area contributed by atoms with E-state index in [0.717, 1.165) is 6.07 Å². The molecule has 3 heterocycles. The Balaban J connectivity index is 0.00000240. The van der Waals surface area contributed by atoms with Gasteiger partial charge in [0.2, 0.25) is 0 Å². The Hall–Kier alpha value is -3.22. The Morgan fingerprint density at radius 3 is 2.72 bits per heavy atom. The van der Waals surface area contributed by atoms with Crippen molar-refractivity contribution in [2.24, 2.45) is 0 Å². The van der Waals surface area contributed by atoms with Crippen LogP contribution in [0.2, 0.25) is 0 Å². The average Bonchev–Trinajstić information content (AvgIpc) is 3.07. The number of nitriles is 1. The van der Waals surface area contributed by atoms with E-state index in [1.54, 1.807) is 11.8 Å². The van der Waals surface area contributed by atoms with Gasteiger partial charge in [0.25, 0.3) is 5.91 Å². The number of aromatic hydroxyl groups is 1. The van der Waals surface area contributed by atoms with Gasteiger partial charge in [0.15, 0.2) is 5.65 Å². The minimum absolute atomic E-state index is 0. The molecule has 8 nitrogen and oxygen atoms in total. The summed E-state index contributed by atoms with van der Waals surface area (Å²) in [5, 5.41) is 29.9. The molecule has 3 aromatic rings. The number of phenolic OH excluding ortho intramolecular Hbond substituents is 1. The Morgan fingerprint density at radius 2 is 2.07 bits per heavy atom. The van der Waals surface area contributed by atoms with Gasteiger partial charge in [-0.15, -0.1) is 12.4 Å². The van der Waals surface area contributed by atoms with Crippen LogP contribution in [0.15, 0.2) is 18.2 Å². The van der Waals surface area contributed by atoms with Gasteiger partial charge in [0, 0.05) is 43.5 Å². The number of hydrogen-bond donors (Lipinski definition) is 3. The van der Waals surface area contributed by atoms with Crippen molar-refractivity contribution in [1.82, 2.24) is 25.4 Å². The van der Waals surface area contributed by atoms with Crippen LogP contribution >= 0.6 is 12.4 Å². The number of amides is 1. The first-order valence-electron chi connectivity index (χ1n) is 8.79. The molecule has 1 aromatic carbocycles. The maximum atomic E-state index is 14.5. The molecule has 0 saturated carbocycles. The van der Waals surface area contributed by atoms with Crippen molar-refractivity contribution in [1.29, 1.82) is 5.26 Å². The predicted octanol–water partition coefficient (Wildman–Crippen LogP) is 2.12. The first kappa shape index (κ1) is 20.5. The van der Waals surface area contributed by atoms with E-state index in [9.17, 15) is 19.6 Å². The van der Waals surface area contributed by atoms with Crippen LogP contribution in [0.25, 0.3) is 22.3 Å². The van der Waals surface area contributed by atoms with Gasteiger partial charge in [0.05, 0.1) is 22.2 Å². The Kier molecular flexibility index (Phi) is 5.68. The summed E-state index contributed by atoms with van der Waals surface area (Å²) in [7, 11) is 0. The lowest BCUT2D eigenvalue weighted by molar-refractivity contribution is 0.0737. The lowest BCUT2D eigenvalue weighted by Gasteiger charge is -2.28. The number of carbonyl (C=O) groups is 1. The lowest BCUT2D eigenvalue weighted by atomic mass is 9.97. The normalized spacial score (nSPS) is 13.8. The molecule has 0 radical (unpaired) electrons. The number of halogens is 2. The number of piperazine rings is 1. The summed E-state index contributed by atoms with van der Waals surface area (Å²) in [5.74, 6) is -1.29. The summed E-state index contributed by atoms with van der Waals surface area (Å²) < 4.78 is 14.5. The number of H-pyrrole nitrogens is 1. The molecule has 150 valence electrons. The van der Waals surface area contributed by atoms with Crippen molar-refractivity contribution in [2.45, 2.75) is 6.92 Å². The van der Waals surface area contributed by atoms with Crippen LogP contribution in [0.3, 0.4) is 0 Å². The van der Waals surface area contributed by atoms with Crippen LogP contribution in [-0.2, 0) is 0 Å². The number of aromatic amines is 1. The summed E-state index contributed by atoms with van der Waals surface area (Å²) in [6.45, 7) is 4.07. The van der Waals surface area contributed by atoms with Gasteiger partial charge in [-0.2, -0.15) is 10.4 Å². The fourth-order valence-corrected chi connectivity index (χ4v) is 3.44. The third-order valence-electron chi connectivity index (χ3n) is 4.82. The van der Waals surface area contributed by atoms with E-state index in [0.29, 0.717) is 37.3 Å². The van der Waals surface area contributed by atoms with E-state index in [4.69, 9.17) is 0 Å². The molecule has 1 aliphatic rings. The van der Waals surface area contributed by atoms with E-state index in [1.807, 2.05) is 6.07 Å². The molecule has 1 saturated heterocycles. The van der Waals surface area contributed by atoms with Crippen molar-refractivity contribution in [2.75, 3.05) is 26.2 Å². The summed E-state index contributed by atoms with van der Waals surface area (Å²) in [6.07, 6.45) is 0. The summed E-state index contributed by atoms with van der Waals surface area (Å²) in [6, 6.07) is 5.61. The molecule has 3 N–H and O–H groups in total. The fourth-order valence-electron chi connectivity index (χ4n) is 3.44. The molecule has 4 rings (SSSR count). The van der Waals surface area contributed by atoms with Crippen LogP contribution in [-0.4, -0.2) is 57.3 Å². The quantitative estimate of drug-likeness (QED) is 0.589. The molecule has 0 spiro atoms. The number of hydrogen-bond acceptors (Lipinski definition) is 6.